The van der Waals surface area contributed by atoms with Crippen molar-refractivity contribution in [1.29, 1.82) is 0 Å². The van der Waals surface area contributed by atoms with Crippen LogP contribution < -0.4 is 0 Å². The lowest BCUT2D eigenvalue weighted by Gasteiger charge is -2.18. The number of rotatable bonds is 0. The molecule has 0 spiro atoms. The third-order valence-corrected chi connectivity index (χ3v) is 4.34. The number of halogens is 3. The molecule has 2 rings (SSSR count). The normalized spacial score (nSPS) is 12.2. The minimum Gasteiger partial charge on any atom is -0.508 e. The molecular weight excluding hydrogens is 421 g/mol. The van der Waals surface area contributed by atoms with E-state index in [9.17, 15) is 13.2 Å². The molecule has 0 aromatic heterocycles. The summed E-state index contributed by atoms with van der Waals surface area (Å²) in [5, 5.41) is 18.0. The molecule has 0 saturated heterocycles. The second-order valence-electron chi connectivity index (χ2n) is 8.51. The Hall–Kier alpha value is -2.26. The molecule has 0 aliphatic heterocycles. The van der Waals surface area contributed by atoms with Gasteiger partial charge in [-0.25, -0.2) is 0 Å². The molecule has 30 heavy (non-hydrogen) atoms. The van der Waals surface area contributed by atoms with E-state index in [1.807, 2.05) is 24.3 Å². The molecule has 0 fully saturated rings. The molecule has 9 heteroatoms. The van der Waals surface area contributed by atoms with Crippen LogP contribution >= 0.6 is 0 Å². The molecule has 0 amide bonds. The SMILES string of the molecule is CC(C)(C)c1ccc(O)cc1.CC(C)(C)c1ccc(O)cc1.O=S(=O)(O)C(F)(F)F. The van der Waals surface area contributed by atoms with E-state index in [-0.39, 0.29) is 10.8 Å². The van der Waals surface area contributed by atoms with Gasteiger partial charge in [-0.3, -0.25) is 4.55 Å². The van der Waals surface area contributed by atoms with Gasteiger partial charge in [0.2, 0.25) is 0 Å². The van der Waals surface area contributed by atoms with Crippen molar-refractivity contribution in [2.24, 2.45) is 0 Å². The molecule has 0 aliphatic carbocycles. The van der Waals surface area contributed by atoms with Crippen LogP contribution in [-0.4, -0.2) is 28.7 Å². The van der Waals surface area contributed by atoms with E-state index in [2.05, 4.69) is 41.5 Å². The summed E-state index contributed by atoms with van der Waals surface area (Å²) in [6.07, 6.45) is 0. The van der Waals surface area contributed by atoms with Crippen LogP contribution in [0.3, 0.4) is 0 Å². The lowest BCUT2D eigenvalue weighted by molar-refractivity contribution is -0.0510. The van der Waals surface area contributed by atoms with E-state index in [1.54, 1.807) is 24.3 Å². The highest BCUT2D eigenvalue weighted by Crippen LogP contribution is 2.24. The number of hydrogen-bond donors (Lipinski definition) is 3. The molecule has 5 nitrogen and oxygen atoms in total. The van der Waals surface area contributed by atoms with Gasteiger partial charge in [0.05, 0.1) is 0 Å². The topological polar surface area (TPSA) is 94.8 Å². The maximum Gasteiger partial charge on any atom is 0.522 e. The Labute approximate surface area is 175 Å². The molecule has 3 N–H and O–H groups in total. The monoisotopic (exact) mass is 450 g/mol. The van der Waals surface area contributed by atoms with Crippen LogP contribution in [-0.2, 0) is 20.9 Å². The third kappa shape index (κ3) is 10.5. The van der Waals surface area contributed by atoms with Crippen molar-refractivity contribution in [3.05, 3.63) is 59.7 Å². The number of benzene rings is 2. The molecule has 0 heterocycles. The Bertz CT molecular complexity index is 819. The predicted molar refractivity (Wildman–Crippen MR) is 111 cm³/mol. The van der Waals surface area contributed by atoms with Crippen LogP contribution in [0.4, 0.5) is 13.2 Å². The minimum atomic E-state index is -5.84. The fraction of sp³-hybridized carbons (Fsp3) is 0.429. The summed E-state index contributed by atoms with van der Waals surface area (Å²) < 4.78 is 57.5. The Morgan fingerprint density at radius 1 is 0.633 bits per heavy atom. The first kappa shape index (κ1) is 27.7. The highest BCUT2D eigenvalue weighted by Gasteiger charge is 2.44. The lowest BCUT2D eigenvalue weighted by Crippen LogP contribution is -2.21. The summed E-state index contributed by atoms with van der Waals surface area (Å²) in [7, 11) is -5.84. The molecule has 0 saturated carbocycles. The Kier molecular flexibility index (Phi) is 9.40. The first-order valence-corrected chi connectivity index (χ1v) is 10.3. The zero-order valence-corrected chi connectivity index (χ0v) is 18.6. The van der Waals surface area contributed by atoms with Crippen molar-refractivity contribution in [2.45, 2.75) is 57.9 Å². The number of hydrogen-bond acceptors (Lipinski definition) is 4. The van der Waals surface area contributed by atoms with Gasteiger partial charge in [0.25, 0.3) is 0 Å². The summed E-state index contributed by atoms with van der Waals surface area (Å²) in [5.74, 6) is 0.663. The van der Waals surface area contributed by atoms with Crippen LogP contribution in [0.5, 0.6) is 11.5 Å². The zero-order chi connectivity index (χ0) is 24.0. The first-order chi connectivity index (χ1) is 13.2. The van der Waals surface area contributed by atoms with Crippen molar-refractivity contribution in [3.8, 4) is 11.5 Å². The number of phenolic OH excluding ortho intramolecular Hbond substituents is 2. The van der Waals surface area contributed by atoms with Gasteiger partial charge in [-0.05, 0) is 46.2 Å². The van der Waals surface area contributed by atoms with Gasteiger partial charge >= 0.3 is 15.6 Å². The van der Waals surface area contributed by atoms with Gasteiger partial charge in [0.15, 0.2) is 0 Å². The van der Waals surface area contributed by atoms with Gasteiger partial charge in [-0.15, -0.1) is 0 Å². The molecule has 2 aromatic carbocycles. The van der Waals surface area contributed by atoms with Gasteiger partial charge in [-0.1, -0.05) is 65.8 Å². The molecule has 0 atom stereocenters. The second kappa shape index (κ2) is 10.2. The van der Waals surface area contributed by atoms with Crippen LogP contribution in [0.25, 0.3) is 0 Å². The second-order valence-corrected chi connectivity index (χ2v) is 9.93. The number of alkyl halides is 3. The standard InChI is InChI=1S/2C10H14O.CHF3O3S/c2*1-10(2,3)8-4-6-9(11)7-5-8;2-1(3,4)8(5,6)7/h2*4-7,11H,1-3H3;(H,5,6,7). The molecule has 170 valence electrons. The molecule has 0 aliphatic rings. The van der Waals surface area contributed by atoms with Gasteiger partial charge < -0.3 is 10.2 Å². The van der Waals surface area contributed by atoms with Crippen molar-refractivity contribution < 1.29 is 36.4 Å². The molecule has 0 unspecified atom stereocenters. The maximum absolute atomic E-state index is 10.7. The van der Waals surface area contributed by atoms with E-state index >= 15 is 0 Å². The van der Waals surface area contributed by atoms with Crippen LogP contribution in [0.15, 0.2) is 48.5 Å². The minimum absolute atomic E-state index is 0.174. The van der Waals surface area contributed by atoms with Crippen molar-refractivity contribution >= 4 is 10.1 Å². The fourth-order valence-corrected chi connectivity index (χ4v) is 1.92. The molecular formula is C21H29F3O5S. The molecule has 2 aromatic rings. The smallest absolute Gasteiger partial charge is 0.508 e. The van der Waals surface area contributed by atoms with Crippen molar-refractivity contribution in [3.63, 3.8) is 0 Å². The van der Waals surface area contributed by atoms with Crippen LogP contribution in [0.1, 0.15) is 52.7 Å². The Morgan fingerprint density at radius 2 is 0.833 bits per heavy atom. The zero-order valence-electron chi connectivity index (χ0n) is 17.8. The van der Waals surface area contributed by atoms with Crippen molar-refractivity contribution in [2.75, 3.05) is 0 Å². The van der Waals surface area contributed by atoms with E-state index in [1.165, 1.54) is 11.1 Å². The van der Waals surface area contributed by atoms with E-state index < -0.39 is 15.6 Å². The summed E-state index contributed by atoms with van der Waals surface area (Å²) in [6.45, 7) is 12.9. The summed E-state index contributed by atoms with van der Waals surface area (Å²) in [5.41, 5.74) is -2.69. The summed E-state index contributed by atoms with van der Waals surface area (Å²) in [4.78, 5) is 0. The van der Waals surface area contributed by atoms with Gasteiger partial charge in [0.1, 0.15) is 11.5 Å². The van der Waals surface area contributed by atoms with Gasteiger partial charge in [-0.2, -0.15) is 21.6 Å². The molecule has 0 radical (unpaired) electrons. The number of phenols is 2. The fourth-order valence-electron chi connectivity index (χ4n) is 1.92. The number of aromatic hydroxyl groups is 2. The first-order valence-electron chi connectivity index (χ1n) is 8.88. The molecule has 0 bridgehead atoms. The van der Waals surface area contributed by atoms with E-state index in [0.717, 1.165) is 0 Å². The van der Waals surface area contributed by atoms with Crippen LogP contribution in [0, 0.1) is 0 Å². The Balaban J connectivity index is 0.000000428. The van der Waals surface area contributed by atoms with E-state index in [0.29, 0.717) is 11.5 Å². The van der Waals surface area contributed by atoms with E-state index in [4.69, 9.17) is 23.2 Å². The highest BCUT2D eigenvalue weighted by molar-refractivity contribution is 7.86. The van der Waals surface area contributed by atoms with Crippen LogP contribution in [0.2, 0.25) is 0 Å². The lowest BCUT2D eigenvalue weighted by atomic mass is 9.87. The highest BCUT2D eigenvalue weighted by atomic mass is 32.2. The largest absolute Gasteiger partial charge is 0.522 e. The average Bonchev–Trinajstić information content (AvgIpc) is 2.53. The van der Waals surface area contributed by atoms with Crippen molar-refractivity contribution in [1.82, 2.24) is 0 Å². The maximum atomic E-state index is 10.7. The quantitative estimate of drug-likeness (QED) is 0.350. The third-order valence-electron chi connectivity index (χ3n) is 3.76. The summed E-state index contributed by atoms with van der Waals surface area (Å²) >= 11 is 0. The summed E-state index contributed by atoms with van der Waals surface area (Å²) in [6, 6.07) is 14.7. The van der Waals surface area contributed by atoms with Gasteiger partial charge in [0, 0.05) is 0 Å². The average molecular weight is 451 g/mol. The Morgan fingerprint density at radius 3 is 0.967 bits per heavy atom. The predicted octanol–water partition coefficient (Wildman–Crippen LogP) is 5.77.